The smallest absolute Gasteiger partial charge is 0.227 e. The van der Waals surface area contributed by atoms with Crippen LogP contribution in [0.1, 0.15) is 0 Å². The number of hydrogen-bond donors (Lipinski definition) is 1. The molecule has 1 amide bonds. The molecular weight excluding hydrogens is 401 g/mol. The van der Waals surface area contributed by atoms with Gasteiger partial charge in [0.25, 0.3) is 0 Å². The summed E-state index contributed by atoms with van der Waals surface area (Å²) < 4.78 is 1.90. The average molecular weight is 413 g/mol. The predicted molar refractivity (Wildman–Crippen MR) is 104 cm³/mol. The van der Waals surface area contributed by atoms with E-state index in [4.69, 9.17) is 40.5 Å². The fourth-order valence-electron chi connectivity index (χ4n) is 2.30. The van der Waals surface area contributed by atoms with E-state index < -0.39 is 5.91 Å². The Bertz CT molecular complexity index is 943. The second-order valence-corrected chi connectivity index (χ2v) is 7.32. The molecule has 1 heterocycles. The summed E-state index contributed by atoms with van der Waals surface area (Å²) in [5.74, 6) is -0.292. The molecule has 8 heteroatoms. The molecule has 0 saturated carbocycles. The largest absolute Gasteiger partial charge is 0.369 e. The number of benzene rings is 2. The fraction of sp³-hybridized carbons (Fsp3) is 0.0588. The first kappa shape index (κ1) is 18.1. The van der Waals surface area contributed by atoms with Crippen LogP contribution < -0.4 is 5.73 Å². The second-order valence-electron chi connectivity index (χ2n) is 5.13. The van der Waals surface area contributed by atoms with Gasteiger partial charge in [-0.05, 0) is 30.3 Å². The van der Waals surface area contributed by atoms with Gasteiger partial charge in [0.2, 0.25) is 5.91 Å². The maximum Gasteiger partial charge on any atom is 0.227 e. The number of nitrogens with zero attached hydrogens (tertiary/aromatic N) is 2. The molecule has 3 rings (SSSR count). The molecule has 25 heavy (non-hydrogen) atoms. The van der Waals surface area contributed by atoms with Crippen LogP contribution in [-0.2, 0) is 4.79 Å². The molecule has 0 fully saturated rings. The van der Waals surface area contributed by atoms with Crippen LogP contribution in [0.3, 0.4) is 0 Å². The highest BCUT2D eigenvalue weighted by Crippen LogP contribution is 2.33. The first-order valence-corrected chi connectivity index (χ1v) is 9.28. The average Bonchev–Trinajstić information content (AvgIpc) is 2.99. The van der Waals surface area contributed by atoms with Crippen molar-refractivity contribution in [1.29, 1.82) is 0 Å². The first-order chi connectivity index (χ1) is 12.0. The van der Waals surface area contributed by atoms with E-state index in [0.29, 0.717) is 20.2 Å². The summed E-state index contributed by atoms with van der Waals surface area (Å²) in [6.07, 6.45) is 1.71. The minimum atomic E-state index is -0.415. The standard InChI is InChI=1S/C17H12Cl3N3OS/c18-11-2-1-3-12(7-11)23-15(8-22-17(23)25-9-16(21)24)10-4-5-13(19)14(20)6-10/h1-8H,9H2,(H2,21,24). The minimum Gasteiger partial charge on any atom is -0.369 e. The van der Waals surface area contributed by atoms with E-state index in [9.17, 15) is 4.79 Å². The van der Waals surface area contributed by atoms with Gasteiger partial charge >= 0.3 is 0 Å². The van der Waals surface area contributed by atoms with Crippen LogP contribution in [0.4, 0.5) is 0 Å². The zero-order valence-electron chi connectivity index (χ0n) is 12.7. The molecule has 2 N–H and O–H groups in total. The molecule has 0 bridgehead atoms. The number of hydrogen-bond acceptors (Lipinski definition) is 3. The maximum atomic E-state index is 11.1. The molecule has 4 nitrogen and oxygen atoms in total. The maximum absolute atomic E-state index is 11.1. The quantitative estimate of drug-likeness (QED) is 0.595. The van der Waals surface area contributed by atoms with Crippen molar-refractivity contribution in [1.82, 2.24) is 9.55 Å². The highest BCUT2D eigenvalue weighted by atomic mass is 35.5. The summed E-state index contributed by atoms with van der Waals surface area (Å²) in [6.45, 7) is 0. The summed E-state index contributed by atoms with van der Waals surface area (Å²) in [5, 5.41) is 2.14. The molecule has 0 aliphatic carbocycles. The normalized spacial score (nSPS) is 10.8. The van der Waals surface area contributed by atoms with Crippen LogP contribution in [0.2, 0.25) is 15.1 Å². The summed E-state index contributed by atoms with van der Waals surface area (Å²) >= 11 is 19.5. The van der Waals surface area contributed by atoms with Gasteiger partial charge in [-0.2, -0.15) is 0 Å². The molecular formula is C17H12Cl3N3OS. The lowest BCUT2D eigenvalue weighted by molar-refractivity contribution is -0.115. The lowest BCUT2D eigenvalue weighted by Crippen LogP contribution is -2.13. The molecule has 3 aromatic rings. The van der Waals surface area contributed by atoms with Gasteiger partial charge in [0, 0.05) is 16.3 Å². The predicted octanol–water partition coefficient (Wildman–Crippen LogP) is 5.08. The third kappa shape index (κ3) is 4.12. The molecule has 0 atom stereocenters. The number of halogens is 3. The summed E-state index contributed by atoms with van der Waals surface area (Å²) in [4.78, 5) is 15.6. The van der Waals surface area contributed by atoms with E-state index in [1.54, 1.807) is 24.4 Å². The zero-order valence-corrected chi connectivity index (χ0v) is 15.8. The summed E-state index contributed by atoms with van der Waals surface area (Å²) in [7, 11) is 0. The number of thioether (sulfide) groups is 1. The van der Waals surface area contributed by atoms with Gasteiger partial charge in [-0.1, -0.05) is 58.7 Å². The van der Waals surface area contributed by atoms with Crippen molar-refractivity contribution in [3.05, 3.63) is 63.7 Å². The zero-order chi connectivity index (χ0) is 18.0. The lowest BCUT2D eigenvalue weighted by Gasteiger charge is -2.12. The highest BCUT2D eigenvalue weighted by Gasteiger charge is 2.16. The van der Waals surface area contributed by atoms with E-state index >= 15 is 0 Å². The first-order valence-electron chi connectivity index (χ1n) is 7.16. The Kier molecular flexibility index (Phi) is 5.59. The van der Waals surface area contributed by atoms with Crippen molar-refractivity contribution in [2.75, 3.05) is 5.75 Å². The Balaban J connectivity index is 2.14. The molecule has 0 aliphatic heterocycles. The minimum absolute atomic E-state index is 0.123. The van der Waals surface area contributed by atoms with E-state index in [1.807, 2.05) is 28.8 Å². The van der Waals surface area contributed by atoms with Crippen molar-refractivity contribution in [2.45, 2.75) is 5.16 Å². The van der Waals surface area contributed by atoms with Crippen molar-refractivity contribution >= 4 is 52.5 Å². The van der Waals surface area contributed by atoms with Crippen LogP contribution in [0.5, 0.6) is 0 Å². The number of rotatable bonds is 5. The van der Waals surface area contributed by atoms with Gasteiger partial charge in [-0.15, -0.1) is 0 Å². The number of nitrogens with two attached hydrogens (primary N) is 1. The Hall–Kier alpha value is -1.66. The molecule has 0 radical (unpaired) electrons. The van der Waals surface area contributed by atoms with Crippen LogP contribution in [0.15, 0.2) is 53.8 Å². The molecule has 0 saturated heterocycles. The topological polar surface area (TPSA) is 60.9 Å². The number of primary amides is 1. The van der Waals surface area contributed by atoms with Crippen LogP contribution in [0.25, 0.3) is 16.9 Å². The lowest BCUT2D eigenvalue weighted by atomic mass is 10.1. The molecule has 128 valence electrons. The molecule has 1 aromatic heterocycles. The number of carbonyl (C=O) groups excluding carboxylic acids is 1. The third-order valence-electron chi connectivity index (χ3n) is 3.35. The number of aromatic nitrogens is 2. The van der Waals surface area contributed by atoms with Crippen molar-refractivity contribution in [3.63, 3.8) is 0 Å². The monoisotopic (exact) mass is 411 g/mol. The Morgan fingerprint density at radius 1 is 1.12 bits per heavy atom. The molecule has 0 aliphatic rings. The fourth-order valence-corrected chi connectivity index (χ4v) is 3.51. The number of carbonyl (C=O) groups is 1. The summed E-state index contributed by atoms with van der Waals surface area (Å²) in [6, 6.07) is 12.7. The van der Waals surface area contributed by atoms with Crippen molar-refractivity contribution < 1.29 is 4.79 Å². The number of imidazole rings is 1. The highest BCUT2D eigenvalue weighted by molar-refractivity contribution is 7.99. The van der Waals surface area contributed by atoms with E-state index in [2.05, 4.69) is 4.98 Å². The van der Waals surface area contributed by atoms with E-state index in [1.165, 1.54) is 11.8 Å². The van der Waals surface area contributed by atoms with Crippen LogP contribution >= 0.6 is 46.6 Å². The Morgan fingerprint density at radius 3 is 2.60 bits per heavy atom. The second kappa shape index (κ2) is 7.70. The third-order valence-corrected chi connectivity index (χ3v) is 5.30. The van der Waals surface area contributed by atoms with Gasteiger partial charge in [0.05, 0.1) is 27.7 Å². The van der Waals surface area contributed by atoms with Gasteiger partial charge in [-0.25, -0.2) is 4.98 Å². The van der Waals surface area contributed by atoms with Crippen molar-refractivity contribution in [3.8, 4) is 16.9 Å². The molecule has 2 aromatic carbocycles. The SMILES string of the molecule is NC(=O)CSc1ncc(-c2ccc(Cl)c(Cl)c2)n1-c1cccc(Cl)c1. The van der Waals surface area contributed by atoms with Gasteiger partial charge in [0.1, 0.15) is 0 Å². The van der Waals surface area contributed by atoms with Gasteiger partial charge < -0.3 is 5.73 Å². The van der Waals surface area contributed by atoms with Crippen molar-refractivity contribution in [2.24, 2.45) is 5.73 Å². The summed E-state index contributed by atoms with van der Waals surface area (Å²) in [5.41, 5.74) is 7.71. The molecule has 0 spiro atoms. The van der Waals surface area contributed by atoms with Gasteiger partial charge in [-0.3, -0.25) is 9.36 Å². The van der Waals surface area contributed by atoms with Gasteiger partial charge in [0.15, 0.2) is 5.16 Å². The number of amides is 1. The van der Waals surface area contributed by atoms with Crippen LogP contribution in [-0.4, -0.2) is 21.2 Å². The Labute approximate surface area is 163 Å². The Morgan fingerprint density at radius 2 is 1.92 bits per heavy atom. The molecule has 0 unspecified atom stereocenters. The van der Waals surface area contributed by atoms with E-state index in [0.717, 1.165) is 16.9 Å². The van der Waals surface area contributed by atoms with E-state index in [-0.39, 0.29) is 5.75 Å². The van der Waals surface area contributed by atoms with Crippen LogP contribution in [0, 0.1) is 0 Å².